The molecule has 1 N–H and O–H groups in total. The zero-order valence-electron chi connectivity index (χ0n) is 15.4. The molecule has 148 valence electrons. The lowest BCUT2D eigenvalue weighted by Gasteiger charge is -2.15. The third kappa shape index (κ3) is 6.28. The van der Waals surface area contributed by atoms with E-state index in [-0.39, 0.29) is 11.8 Å². The molecule has 1 amide bonds. The highest BCUT2D eigenvalue weighted by Crippen LogP contribution is 2.27. The van der Waals surface area contributed by atoms with Gasteiger partial charge in [-0.2, -0.15) is 0 Å². The van der Waals surface area contributed by atoms with E-state index >= 15 is 0 Å². The number of methoxy groups -OCH3 is 1. The van der Waals surface area contributed by atoms with Crippen molar-refractivity contribution in [1.82, 2.24) is 5.32 Å². The number of nitrogens with one attached hydrogen (secondary N) is 1. The van der Waals surface area contributed by atoms with Crippen molar-refractivity contribution < 1.29 is 28.6 Å². The van der Waals surface area contributed by atoms with E-state index in [0.29, 0.717) is 22.6 Å². The molecule has 0 saturated carbocycles. The van der Waals surface area contributed by atoms with Crippen molar-refractivity contribution >= 4 is 29.8 Å². The van der Waals surface area contributed by atoms with Gasteiger partial charge in [0.15, 0.2) is 24.7 Å². The smallest absolute Gasteiger partial charge is 0.344 e. The summed E-state index contributed by atoms with van der Waals surface area (Å²) >= 11 is 5.93. The van der Waals surface area contributed by atoms with E-state index in [1.807, 2.05) is 6.07 Å². The van der Waals surface area contributed by atoms with Gasteiger partial charge in [-0.3, -0.25) is 9.59 Å². The van der Waals surface area contributed by atoms with Gasteiger partial charge in [-0.25, -0.2) is 4.79 Å². The normalized spacial score (nSPS) is 11.2. The SMILES string of the molecule is COc1cc(C=O)ccc1OCC(=O)OCC(=O)N[C@@H](C)c1cccc(Cl)c1. The minimum Gasteiger partial charge on any atom is -0.493 e. The van der Waals surface area contributed by atoms with Gasteiger partial charge in [0, 0.05) is 10.6 Å². The highest BCUT2D eigenvalue weighted by atomic mass is 35.5. The largest absolute Gasteiger partial charge is 0.493 e. The summed E-state index contributed by atoms with van der Waals surface area (Å²) in [6.45, 7) is 0.950. The quantitative estimate of drug-likeness (QED) is 0.509. The van der Waals surface area contributed by atoms with Gasteiger partial charge >= 0.3 is 5.97 Å². The third-order valence-electron chi connectivity index (χ3n) is 3.76. The molecule has 8 heteroatoms. The van der Waals surface area contributed by atoms with Gasteiger partial charge in [-0.15, -0.1) is 0 Å². The van der Waals surface area contributed by atoms with E-state index in [1.54, 1.807) is 25.1 Å². The molecule has 0 fully saturated rings. The molecule has 0 radical (unpaired) electrons. The summed E-state index contributed by atoms with van der Waals surface area (Å²) in [6, 6.07) is 11.3. The first kappa shape index (κ1) is 21.2. The molecule has 0 heterocycles. The van der Waals surface area contributed by atoms with Crippen molar-refractivity contribution in [3.8, 4) is 11.5 Å². The molecule has 0 aliphatic carbocycles. The number of aldehydes is 1. The van der Waals surface area contributed by atoms with Gasteiger partial charge in [-0.1, -0.05) is 23.7 Å². The zero-order valence-corrected chi connectivity index (χ0v) is 16.2. The van der Waals surface area contributed by atoms with Gasteiger partial charge in [0.2, 0.25) is 0 Å². The molecule has 2 rings (SSSR count). The van der Waals surface area contributed by atoms with Crippen LogP contribution in [0.4, 0.5) is 0 Å². The summed E-state index contributed by atoms with van der Waals surface area (Å²) in [6.07, 6.45) is 0.670. The lowest BCUT2D eigenvalue weighted by atomic mass is 10.1. The number of carbonyl (C=O) groups is 3. The van der Waals surface area contributed by atoms with Crippen LogP contribution in [0, 0.1) is 0 Å². The van der Waals surface area contributed by atoms with Crippen molar-refractivity contribution in [2.24, 2.45) is 0 Å². The number of esters is 1. The number of halogens is 1. The minimum atomic E-state index is -0.716. The van der Waals surface area contributed by atoms with Crippen LogP contribution in [0.15, 0.2) is 42.5 Å². The molecule has 2 aromatic carbocycles. The maximum Gasteiger partial charge on any atom is 0.344 e. The van der Waals surface area contributed by atoms with E-state index in [4.69, 9.17) is 25.8 Å². The molecule has 0 saturated heterocycles. The first-order valence-electron chi connectivity index (χ1n) is 8.39. The van der Waals surface area contributed by atoms with Crippen LogP contribution in [0.1, 0.15) is 28.9 Å². The number of carbonyl (C=O) groups excluding carboxylic acids is 3. The molecule has 0 bridgehead atoms. The van der Waals surface area contributed by atoms with Crippen LogP contribution < -0.4 is 14.8 Å². The Hall–Kier alpha value is -3.06. The van der Waals surface area contributed by atoms with Crippen LogP contribution in [0.2, 0.25) is 5.02 Å². The molecule has 0 aliphatic heterocycles. The Balaban J connectivity index is 1.79. The van der Waals surface area contributed by atoms with Gasteiger partial charge in [0.25, 0.3) is 5.91 Å². The molecule has 28 heavy (non-hydrogen) atoms. The van der Waals surface area contributed by atoms with E-state index in [2.05, 4.69) is 5.32 Å². The van der Waals surface area contributed by atoms with Crippen LogP contribution in [-0.2, 0) is 14.3 Å². The lowest BCUT2D eigenvalue weighted by Crippen LogP contribution is -2.32. The Morgan fingerprint density at radius 1 is 1.14 bits per heavy atom. The Morgan fingerprint density at radius 3 is 2.61 bits per heavy atom. The second kappa shape index (κ2) is 10.3. The molecular formula is C20H20ClNO6. The maximum atomic E-state index is 11.9. The maximum absolute atomic E-state index is 11.9. The molecule has 0 unspecified atom stereocenters. The van der Waals surface area contributed by atoms with Crippen molar-refractivity contribution in [2.75, 3.05) is 20.3 Å². The highest BCUT2D eigenvalue weighted by Gasteiger charge is 2.14. The van der Waals surface area contributed by atoms with Crippen molar-refractivity contribution in [1.29, 1.82) is 0 Å². The molecule has 1 atom stereocenters. The fraction of sp³-hybridized carbons (Fsp3) is 0.250. The Morgan fingerprint density at radius 2 is 1.93 bits per heavy atom. The highest BCUT2D eigenvalue weighted by molar-refractivity contribution is 6.30. The number of hydrogen-bond acceptors (Lipinski definition) is 6. The standard InChI is InChI=1S/C20H20ClNO6/c1-13(15-4-3-5-16(21)9-15)22-19(24)11-28-20(25)12-27-17-7-6-14(10-23)8-18(17)26-2/h3-10,13H,11-12H2,1-2H3,(H,22,24)/t13-/m0/s1. The predicted molar refractivity (Wildman–Crippen MR) is 103 cm³/mol. The van der Waals surface area contributed by atoms with E-state index < -0.39 is 25.1 Å². The van der Waals surface area contributed by atoms with Gasteiger partial charge in [0.05, 0.1) is 13.2 Å². The Labute approximate surface area is 167 Å². The average molecular weight is 406 g/mol. The zero-order chi connectivity index (χ0) is 20.5. The monoisotopic (exact) mass is 405 g/mol. The fourth-order valence-electron chi connectivity index (χ4n) is 2.34. The van der Waals surface area contributed by atoms with Crippen LogP contribution in [0.3, 0.4) is 0 Å². The van der Waals surface area contributed by atoms with Crippen molar-refractivity contribution in [3.63, 3.8) is 0 Å². The first-order chi connectivity index (χ1) is 13.4. The lowest BCUT2D eigenvalue weighted by molar-refractivity contribution is -0.150. The van der Waals surface area contributed by atoms with E-state index in [0.717, 1.165) is 5.56 Å². The number of ether oxygens (including phenoxy) is 3. The second-order valence-corrected chi connectivity index (χ2v) is 6.26. The predicted octanol–water partition coefficient (Wildman–Crippen LogP) is 2.96. The summed E-state index contributed by atoms with van der Waals surface area (Å²) in [7, 11) is 1.42. The van der Waals surface area contributed by atoms with E-state index in [1.165, 1.54) is 25.3 Å². The van der Waals surface area contributed by atoms with Gasteiger partial charge < -0.3 is 19.5 Å². The Bertz CT molecular complexity index is 854. The second-order valence-electron chi connectivity index (χ2n) is 5.82. The molecule has 0 aliphatic rings. The third-order valence-corrected chi connectivity index (χ3v) is 3.99. The average Bonchev–Trinajstić information content (AvgIpc) is 2.70. The first-order valence-corrected chi connectivity index (χ1v) is 8.77. The number of rotatable bonds is 9. The van der Waals surface area contributed by atoms with Crippen LogP contribution in [0.25, 0.3) is 0 Å². The molecule has 0 aromatic heterocycles. The minimum absolute atomic E-state index is 0.282. The molecule has 7 nitrogen and oxygen atoms in total. The van der Waals surface area contributed by atoms with Crippen molar-refractivity contribution in [3.05, 3.63) is 58.6 Å². The van der Waals surface area contributed by atoms with Crippen LogP contribution in [-0.4, -0.2) is 38.5 Å². The van der Waals surface area contributed by atoms with E-state index in [9.17, 15) is 14.4 Å². The topological polar surface area (TPSA) is 90.9 Å². The van der Waals surface area contributed by atoms with Crippen molar-refractivity contribution in [2.45, 2.75) is 13.0 Å². The number of amides is 1. The number of benzene rings is 2. The summed E-state index contributed by atoms with van der Waals surface area (Å²) in [5, 5.41) is 3.28. The van der Waals surface area contributed by atoms with Crippen LogP contribution >= 0.6 is 11.6 Å². The molecule has 0 spiro atoms. The van der Waals surface area contributed by atoms with Crippen LogP contribution in [0.5, 0.6) is 11.5 Å². The van der Waals surface area contributed by atoms with Gasteiger partial charge in [0.1, 0.15) is 6.29 Å². The summed E-state index contributed by atoms with van der Waals surface area (Å²) < 4.78 is 15.3. The summed E-state index contributed by atoms with van der Waals surface area (Å²) in [4.78, 5) is 34.5. The summed E-state index contributed by atoms with van der Waals surface area (Å²) in [5.74, 6) is -0.574. The van der Waals surface area contributed by atoms with Gasteiger partial charge in [-0.05, 0) is 42.8 Å². The summed E-state index contributed by atoms with van der Waals surface area (Å²) in [5.41, 5.74) is 1.25. The molecule has 2 aromatic rings. The molecular weight excluding hydrogens is 386 g/mol. The number of hydrogen-bond donors (Lipinski definition) is 1. The Kier molecular flexibility index (Phi) is 7.83. The fourth-order valence-corrected chi connectivity index (χ4v) is 2.54.